The largest absolute Gasteiger partial charge is 0.459 e. The fraction of sp³-hybridized carbons (Fsp3) is 0.969. The highest BCUT2D eigenvalue weighted by atomic mass is 16.7. The molecule has 222 valence electrons. The Morgan fingerprint density at radius 3 is 1.61 bits per heavy atom. The third-order valence-corrected chi connectivity index (χ3v) is 9.35. The van der Waals surface area contributed by atoms with Crippen LogP contribution >= 0.6 is 0 Å². The molecule has 4 saturated carbocycles. The van der Waals surface area contributed by atoms with Crippen LogP contribution in [0.4, 0.5) is 0 Å². The van der Waals surface area contributed by atoms with Gasteiger partial charge in [0.2, 0.25) is 0 Å². The average Bonchev–Trinajstić information content (AvgIpc) is 2.77. The molecule has 3 atom stereocenters. The zero-order chi connectivity index (χ0) is 28.5. The van der Waals surface area contributed by atoms with Crippen molar-refractivity contribution in [3.63, 3.8) is 0 Å². The standard InChI is InChI=1S/C32H58O6/c1-11-28(7,8)20-34-22-36-30-14-25-15-31(17-30,37-23-35-21-29(9,10)12-2)19-32(16-25,18-30)38-26(33)24(3)13-27(4,5)6/h24-25H,11-23H2,1-10H3. The van der Waals surface area contributed by atoms with Crippen molar-refractivity contribution >= 4 is 5.97 Å². The van der Waals surface area contributed by atoms with E-state index in [2.05, 4.69) is 62.3 Å². The molecule has 0 saturated heterocycles. The van der Waals surface area contributed by atoms with Crippen LogP contribution in [-0.4, -0.2) is 49.6 Å². The quantitative estimate of drug-likeness (QED) is 0.121. The van der Waals surface area contributed by atoms with Crippen molar-refractivity contribution in [2.24, 2.45) is 28.1 Å². The zero-order valence-corrected chi connectivity index (χ0v) is 26.3. The van der Waals surface area contributed by atoms with Gasteiger partial charge in [0, 0.05) is 19.3 Å². The van der Waals surface area contributed by atoms with Crippen LogP contribution in [0.15, 0.2) is 0 Å². The van der Waals surface area contributed by atoms with Gasteiger partial charge in [-0.3, -0.25) is 4.79 Å². The van der Waals surface area contributed by atoms with E-state index in [0.717, 1.165) is 57.8 Å². The Hall–Kier alpha value is -0.690. The van der Waals surface area contributed by atoms with Crippen molar-refractivity contribution in [2.75, 3.05) is 26.8 Å². The summed E-state index contributed by atoms with van der Waals surface area (Å²) in [5, 5.41) is 0. The number of carbonyl (C=O) groups is 1. The Balaban J connectivity index is 1.74. The predicted molar refractivity (Wildman–Crippen MR) is 151 cm³/mol. The molecule has 0 aromatic carbocycles. The third kappa shape index (κ3) is 8.41. The third-order valence-electron chi connectivity index (χ3n) is 9.35. The van der Waals surface area contributed by atoms with Gasteiger partial charge in [0.25, 0.3) is 0 Å². The van der Waals surface area contributed by atoms with Crippen LogP contribution in [0.3, 0.4) is 0 Å². The molecule has 4 bridgehead atoms. The second-order valence-electron chi connectivity index (χ2n) is 15.9. The number of hydrogen-bond acceptors (Lipinski definition) is 6. The Bertz CT molecular complexity index is 756. The molecule has 4 rings (SSSR count). The average molecular weight is 539 g/mol. The zero-order valence-electron chi connectivity index (χ0n) is 26.3. The smallest absolute Gasteiger partial charge is 0.309 e. The number of carbonyl (C=O) groups excluding carboxylic acids is 1. The molecule has 0 aliphatic heterocycles. The van der Waals surface area contributed by atoms with Crippen LogP contribution in [0.2, 0.25) is 0 Å². The fourth-order valence-electron chi connectivity index (χ4n) is 7.10. The Morgan fingerprint density at radius 2 is 1.18 bits per heavy atom. The summed E-state index contributed by atoms with van der Waals surface area (Å²) < 4.78 is 31.7. The van der Waals surface area contributed by atoms with Crippen molar-refractivity contribution < 1.29 is 28.5 Å². The number of esters is 1. The molecule has 0 aromatic heterocycles. The topological polar surface area (TPSA) is 63.2 Å². The summed E-state index contributed by atoms with van der Waals surface area (Å²) in [7, 11) is 0. The van der Waals surface area contributed by atoms with Crippen molar-refractivity contribution in [3.05, 3.63) is 0 Å². The van der Waals surface area contributed by atoms with Gasteiger partial charge in [0.1, 0.15) is 19.2 Å². The predicted octanol–water partition coefficient (Wildman–Crippen LogP) is 7.67. The Labute approximate surface area is 233 Å². The lowest BCUT2D eigenvalue weighted by Gasteiger charge is -2.64. The van der Waals surface area contributed by atoms with Crippen LogP contribution in [-0.2, 0) is 28.5 Å². The summed E-state index contributed by atoms with van der Waals surface area (Å²) in [6, 6.07) is 0. The first-order valence-corrected chi connectivity index (χ1v) is 15.1. The molecule has 0 N–H and O–H groups in total. The summed E-state index contributed by atoms with van der Waals surface area (Å²) in [6.45, 7) is 23.6. The summed E-state index contributed by atoms with van der Waals surface area (Å²) in [4.78, 5) is 13.4. The Kier molecular flexibility index (Phi) is 9.77. The first kappa shape index (κ1) is 31.8. The molecule has 0 heterocycles. The lowest BCUT2D eigenvalue weighted by atomic mass is 9.50. The van der Waals surface area contributed by atoms with E-state index in [4.69, 9.17) is 23.7 Å². The van der Waals surface area contributed by atoms with Crippen LogP contribution < -0.4 is 0 Å². The molecule has 6 heteroatoms. The highest BCUT2D eigenvalue weighted by molar-refractivity contribution is 5.72. The number of ether oxygens (including phenoxy) is 5. The summed E-state index contributed by atoms with van der Waals surface area (Å²) >= 11 is 0. The van der Waals surface area contributed by atoms with Gasteiger partial charge in [-0.2, -0.15) is 0 Å². The molecule has 6 nitrogen and oxygen atoms in total. The maximum Gasteiger partial charge on any atom is 0.309 e. The van der Waals surface area contributed by atoms with E-state index in [1.807, 2.05) is 6.92 Å². The van der Waals surface area contributed by atoms with Crippen molar-refractivity contribution in [3.8, 4) is 0 Å². The van der Waals surface area contributed by atoms with Gasteiger partial charge in [-0.05, 0) is 60.7 Å². The molecule has 3 unspecified atom stereocenters. The molecular weight excluding hydrogens is 480 g/mol. The van der Waals surface area contributed by atoms with Crippen molar-refractivity contribution in [1.82, 2.24) is 0 Å². The minimum absolute atomic E-state index is 0.0712. The summed E-state index contributed by atoms with van der Waals surface area (Å²) in [5.41, 5.74) is -1.02. The number of hydrogen-bond donors (Lipinski definition) is 0. The molecule has 4 aliphatic rings. The van der Waals surface area contributed by atoms with E-state index in [-0.39, 0.29) is 41.7 Å². The van der Waals surface area contributed by atoms with Gasteiger partial charge in [0.15, 0.2) is 0 Å². The molecule has 4 fully saturated rings. The van der Waals surface area contributed by atoms with Crippen LogP contribution in [0, 0.1) is 28.1 Å². The minimum Gasteiger partial charge on any atom is -0.459 e. The van der Waals surface area contributed by atoms with Gasteiger partial charge < -0.3 is 23.7 Å². The fourth-order valence-corrected chi connectivity index (χ4v) is 7.10. The highest BCUT2D eigenvalue weighted by Crippen LogP contribution is 2.63. The van der Waals surface area contributed by atoms with Crippen LogP contribution in [0.5, 0.6) is 0 Å². The molecule has 0 radical (unpaired) electrons. The maximum absolute atomic E-state index is 13.4. The second kappa shape index (κ2) is 11.7. The lowest BCUT2D eigenvalue weighted by Crippen LogP contribution is -2.68. The monoisotopic (exact) mass is 538 g/mol. The van der Waals surface area contributed by atoms with E-state index >= 15 is 0 Å². The highest BCUT2D eigenvalue weighted by Gasteiger charge is 2.66. The molecule has 4 aliphatic carbocycles. The number of rotatable bonds is 15. The molecule has 0 spiro atoms. The van der Waals surface area contributed by atoms with E-state index in [1.54, 1.807) is 0 Å². The van der Waals surface area contributed by atoms with Gasteiger partial charge in [-0.15, -0.1) is 0 Å². The summed E-state index contributed by atoms with van der Waals surface area (Å²) in [5.74, 6) is 0.168. The first-order chi connectivity index (χ1) is 17.5. The molecule has 0 amide bonds. The van der Waals surface area contributed by atoms with Crippen LogP contribution in [0.25, 0.3) is 0 Å². The van der Waals surface area contributed by atoms with E-state index in [9.17, 15) is 4.79 Å². The van der Waals surface area contributed by atoms with E-state index in [1.165, 1.54) is 0 Å². The summed E-state index contributed by atoms with van der Waals surface area (Å²) in [6.07, 6.45) is 7.99. The first-order valence-electron chi connectivity index (χ1n) is 15.1. The van der Waals surface area contributed by atoms with Crippen molar-refractivity contribution in [1.29, 1.82) is 0 Å². The Morgan fingerprint density at radius 1 is 0.763 bits per heavy atom. The normalized spacial score (nSPS) is 32.0. The van der Waals surface area contributed by atoms with E-state index in [0.29, 0.717) is 19.1 Å². The van der Waals surface area contributed by atoms with Gasteiger partial charge >= 0.3 is 5.97 Å². The van der Waals surface area contributed by atoms with Gasteiger partial charge in [-0.1, -0.05) is 69.2 Å². The van der Waals surface area contributed by atoms with E-state index < -0.39 is 16.8 Å². The SMILES string of the molecule is CCC(C)(C)COCOC12CC3CC(OCOCC(C)(C)CC)(C1)CC(OC(=O)C(C)CC(C)(C)C)(C3)C2. The maximum atomic E-state index is 13.4. The minimum atomic E-state index is -0.548. The molecule has 38 heavy (non-hydrogen) atoms. The van der Waals surface area contributed by atoms with Gasteiger partial charge in [-0.25, -0.2) is 0 Å². The van der Waals surface area contributed by atoms with Crippen molar-refractivity contribution in [2.45, 2.75) is 144 Å². The van der Waals surface area contributed by atoms with Crippen LogP contribution in [0.1, 0.15) is 127 Å². The van der Waals surface area contributed by atoms with Gasteiger partial charge in [0.05, 0.1) is 30.3 Å². The molecular formula is C32H58O6. The lowest BCUT2D eigenvalue weighted by molar-refractivity contribution is -0.311. The second-order valence-corrected chi connectivity index (χ2v) is 15.9. The molecule has 0 aromatic rings.